The highest BCUT2D eigenvalue weighted by Crippen LogP contribution is 2.20. The third-order valence-electron chi connectivity index (χ3n) is 3.37. The third kappa shape index (κ3) is 4.56. The van der Waals surface area contributed by atoms with Gasteiger partial charge in [-0.05, 0) is 48.5 Å². The summed E-state index contributed by atoms with van der Waals surface area (Å²) in [7, 11) is 0. The quantitative estimate of drug-likeness (QED) is 0.459. The van der Waals surface area contributed by atoms with Crippen LogP contribution in [-0.2, 0) is 20.4 Å². The first-order valence-corrected chi connectivity index (χ1v) is 9.07. The van der Waals surface area contributed by atoms with Gasteiger partial charge < -0.3 is 0 Å². The monoisotopic (exact) mass is 387 g/mol. The molecule has 0 spiro atoms. The molecule has 0 bridgehead atoms. The van der Waals surface area contributed by atoms with E-state index in [-0.39, 0.29) is 0 Å². The van der Waals surface area contributed by atoms with Gasteiger partial charge in [0.2, 0.25) is 11.1 Å². The van der Waals surface area contributed by atoms with Gasteiger partial charge in [-0.2, -0.15) is 5.06 Å². The molecule has 0 aromatic heterocycles. The Balaban J connectivity index is 1.79. The first-order valence-electron chi connectivity index (χ1n) is 7.62. The fourth-order valence-electron chi connectivity index (χ4n) is 2.10. The van der Waals surface area contributed by atoms with Crippen LogP contribution < -0.4 is 5.06 Å². The summed E-state index contributed by atoms with van der Waals surface area (Å²) in [5, 5.41) is 1.46. The minimum Gasteiger partial charge on any atom is -0.266 e. The summed E-state index contributed by atoms with van der Waals surface area (Å²) >= 11 is 3.88. The molecule has 1 amide bonds. The summed E-state index contributed by atoms with van der Waals surface area (Å²) in [6.45, 7) is 0. The number of para-hydroxylation sites is 1. The standard InChI is InChI=1S/C19H14ClNO4S/c20-16-11-13-18(14-12-16)26(23)25-24-21(17-9-5-2-6-10-17)19(22)15-7-3-1-4-8-15/h1-14H. The SMILES string of the molecule is O=C(c1ccccc1)N(OOS(=O)c1ccc(Cl)cc1)c1ccccc1. The minimum absolute atomic E-state index is 0.356. The van der Waals surface area contributed by atoms with E-state index in [1.807, 2.05) is 0 Å². The van der Waals surface area contributed by atoms with E-state index in [2.05, 4.69) is 0 Å². The van der Waals surface area contributed by atoms with Crippen molar-refractivity contribution in [3.8, 4) is 0 Å². The number of rotatable bonds is 6. The van der Waals surface area contributed by atoms with Crippen LogP contribution in [0.2, 0.25) is 5.02 Å². The Morgan fingerprint density at radius 2 is 1.42 bits per heavy atom. The maximum Gasteiger partial charge on any atom is 0.284 e. The summed E-state index contributed by atoms with van der Waals surface area (Å²) in [4.78, 5) is 18.2. The van der Waals surface area contributed by atoms with E-state index in [1.165, 1.54) is 0 Å². The van der Waals surface area contributed by atoms with Crippen LogP contribution in [0.1, 0.15) is 10.4 Å². The van der Waals surface area contributed by atoms with Gasteiger partial charge in [0, 0.05) is 10.6 Å². The van der Waals surface area contributed by atoms with Crippen LogP contribution in [0.4, 0.5) is 5.69 Å². The lowest BCUT2D eigenvalue weighted by Crippen LogP contribution is -2.31. The van der Waals surface area contributed by atoms with E-state index in [9.17, 15) is 9.00 Å². The van der Waals surface area contributed by atoms with Gasteiger partial charge in [0.1, 0.15) is 0 Å². The molecule has 1 unspecified atom stereocenters. The molecular formula is C19H14ClNO4S. The normalized spacial score (nSPS) is 11.7. The van der Waals surface area contributed by atoms with Gasteiger partial charge in [0.25, 0.3) is 5.91 Å². The average Bonchev–Trinajstić information content (AvgIpc) is 2.70. The molecule has 3 rings (SSSR count). The van der Waals surface area contributed by atoms with Gasteiger partial charge in [0.05, 0.1) is 10.6 Å². The van der Waals surface area contributed by atoms with Crippen molar-refractivity contribution in [1.82, 2.24) is 0 Å². The average molecular weight is 388 g/mol. The van der Waals surface area contributed by atoms with Gasteiger partial charge in [-0.3, -0.25) is 4.79 Å². The zero-order chi connectivity index (χ0) is 18.4. The van der Waals surface area contributed by atoms with Gasteiger partial charge >= 0.3 is 0 Å². The maximum atomic E-state index is 12.7. The second-order valence-corrected chi connectivity index (χ2v) is 6.65. The predicted molar refractivity (Wildman–Crippen MR) is 99.7 cm³/mol. The Bertz CT molecular complexity index is 888. The molecule has 0 aliphatic rings. The van der Waals surface area contributed by atoms with E-state index in [0.717, 1.165) is 5.06 Å². The number of halogens is 1. The zero-order valence-electron chi connectivity index (χ0n) is 13.4. The van der Waals surface area contributed by atoms with Crippen molar-refractivity contribution in [3.05, 3.63) is 95.5 Å². The van der Waals surface area contributed by atoms with E-state index in [0.29, 0.717) is 21.2 Å². The molecular weight excluding hydrogens is 374 g/mol. The van der Waals surface area contributed by atoms with Crippen LogP contribution >= 0.6 is 11.6 Å². The Morgan fingerprint density at radius 3 is 2.04 bits per heavy atom. The number of hydrogen-bond acceptors (Lipinski definition) is 4. The molecule has 3 aromatic carbocycles. The predicted octanol–water partition coefficient (Wildman–Crippen LogP) is 4.57. The summed E-state index contributed by atoms with van der Waals surface area (Å²) in [5.74, 6) is -0.454. The first-order chi connectivity index (χ1) is 12.6. The molecule has 0 radical (unpaired) electrons. The van der Waals surface area contributed by atoms with Crippen molar-refractivity contribution < 1.29 is 18.3 Å². The lowest BCUT2D eigenvalue weighted by Gasteiger charge is -2.19. The van der Waals surface area contributed by atoms with Crippen molar-refractivity contribution in [2.24, 2.45) is 0 Å². The first kappa shape index (κ1) is 18.3. The lowest BCUT2D eigenvalue weighted by atomic mass is 10.2. The molecule has 3 aromatic rings. The second kappa shape index (κ2) is 8.73. The van der Waals surface area contributed by atoms with Crippen LogP contribution in [-0.4, -0.2) is 10.1 Å². The Labute approximate surface area is 158 Å². The maximum absolute atomic E-state index is 12.7. The van der Waals surface area contributed by atoms with Crippen molar-refractivity contribution in [1.29, 1.82) is 0 Å². The van der Waals surface area contributed by atoms with Crippen LogP contribution in [0.15, 0.2) is 89.8 Å². The molecule has 0 saturated carbocycles. The molecule has 1 atom stereocenters. The van der Waals surface area contributed by atoms with E-state index in [4.69, 9.17) is 20.9 Å². The summed E-state index contributed by atoms with van der Waals surface area (Å²) in [5.41, 5.74) is 0.840. The Kier molecular flexibility index (Phi) is 6.14. The second-order valence-electron chi connectivity index (χ2n) is 5.13. The highest BCUT2D eigenvalue weighted by Gasteiger charge is 2.21. The van der Waals surface area contributed by atoms with Crippen LogP contribution in [0.25, 0.3) is 0 Å². The molecule has 7 heteroatoms. The molecule has 26 heavy (non-hydrogen) atoms. The Hall–Kier alpha value is -2.51. The fraction of sp³-hybridized carbons (Fsp3) is 0. The molecule has 0 aliphatic carbocycles. The minimum atomic E-state index is -1.93. The van der Waals surface area contributed by atoms with Crippen molar-refractivity contribution in [2.45, 2.75) is 4.90 Å². The van der Waals surface area contributed by atoms with E-state index >= 15 is 0 Å². The molecule has 0 N–H and O–H groups in total. The highest BCUT2D eigenvalue weighted by molar-refractivity contribution is 7.80. The molecule has 0 fully saturated rings. The van der Waals surface area contributed by atoms with Gasteiger partial charge in [-0.15, -0.1) is 4.33 Å². The lowest BCUT2D eigenvalue weighted by molar-refractivity contribution is -0.198. The summed E-state index contributed by atoms with van der Waals surface area (Å²) in [6, 6.07) is 23.5. The number of benzene rings is 3. The number of hydrogen-bond donors (Lipinski definition) is 0. The summed E-state index contributed by atoms with van der Waals surface area (Å²) in [6.07, 6.45) is 0. The Morgan fingerprint density at radius 1 is 0.846 bits per heavy atom. The third-order valence-corrected chi connectivity index (χ3v) is 4.46. The molecule has 0 heterocycles. The van der Waals surface area contributed by atoms with Crippen molar-refractivity contribution in [3.63, 3.8) is 0 Å². The van der Waals surface area contributed by atoms with Crippen LogP contribution in [0.5, 0.6) is 0 Å². The molecule has 5 nitrogen and oxygen atoms in total. The topological polar surface area (TPSA) is 55.8 Å². The van der Waals surface area contributed by atoms with E-state index < -0.39 is 17.0 Å². The number of carbonyl (C=O) groups is 1. The van der Waals surface area contributed by atoms with E-state index in [1.54, 1.807) is 84.9 Å². The van der Waals surface area contributed by atoms with Crippen molar-refractivity contribution in [2.75, 3.05) is 5.06 Å². The number of hydroxylamine groups is 1. The molecule has 0 aliphatic heterocycles. The fourth-order valence-corrected chi connectivity index (χ4v) is 2.78. The van der Waals surface area contributed by atoms with Crippen LogP contribution in [0.3, 0.4) is 0 Å². The summed E-state index contributed by atoms with van der Waals surface area (Å²) < 4.78 is 17.2. The van der Waals surface area contributed by atoms with Crippen molar-refractivity contribution >= 4 is 34.3 Å². The molecule has 0 saturated heterocycles. The number of anilines is 1. The van der Waals surface area contributed by atoms with Gasteiger partial charge in [-0.25, -0.2) is 4.21 Å². The van der Waals surface area contributed by atoms with Gasteiger partial charge in [0.15, 0.2) is 0 Å². The zero-order valence-corrected chi connectivity index (χ0v) is 15.0. The number of carbonyl (C=O) groups excluding carboxylic acids is 1. The highest BCUT2D eigenvalue weighted by atomic mass is 35.5. The molecule has 132 valence electrons. The van der Waals surface area contributed by atoms with Gasteiger partial charge in [-0.1, -0.05) is 53.0 Å². The number of amides is 1. The van der Waals surface area contributed by atoms with Crippen LogP contribution in [0, 0.1) is 0 Å². The number of nitrogens with zero attached hydrogens (tertiary/aromatic N) is 1. The largest absolute Gasteiger partial charge is 0.284 e. The smallest absolute Gasteiger partial charge is 0.266 e.